The first kappa shape index (κ1) is 16.9. The summed E-state index contributed by atoms with van der Waals surface area (Å²) in [5, 5.41) is 17.5. The monoisotopic (exact) mass is 314 g/mol. The van der Waals surface area contributed by atoms with Crippen LogP contribution >= 0.6 is 23.5 Å². The van der Waals surface area contributed by atoms with E-state index in [1.165, 1.54) is 0 Å². The molecule has 1 aromatic rings. The Morgan fingerprint density at radius 2 is 1.45 bits per heavy atom. The van der Waals surface area contributed by atoms with Gasteiger partial charge in [0, 0.05) is 11.5 Å². The molecule has 0 aliphatic carbocycles. The van der Waals surface area contributed by atoms with Crippen LogP contribution in [0.15, 0.2) is 30.3 Å². The van der Waals surface area contributed by atoms with E-state index in [9.17, 15) is 9.59 Å². The fraction of sp³-hybridized carbons (Fsp3) is 0.429. The second kappa shape index (κ2) is 8.21. The number of carboxylic acid groups (broad SMARTS) is 2. The summed E-state index contributed by atoms with van der Waals surface area (Å²) in [5.41, 5.74) is 1.07. The molecule has 0 aromatic heterocycles. The van der Waals surface area contributed by atoms with Crippen molar-refractivity contribution in [3.63, 3.8) is 0 Å². The summed E-state index contributed by atoms with van der Waals surface area (Å²) < 4.78 is -0.327. The number of carbonyl (C=O) groups is 2. The Bertz CT molecular complexity index is 428. The van der Waals surface area contributed by atoms with E-state index < -0.39 is 11.9 Å². The van der Waals surface area contributed by atoms with Gasteiger partial charge >= 0.3 is 11.9 Å². The van der Waals surface area contributed by atoms with Gasteiger partial charge in [-0.2, -0.15) is 0 Å². The van der Waals surface area contributed by atoms with E-state index in [1.807, 2.05) is 37.3 Å². The summed E-state index contributed by atoms with van der Waals surface area (Å²) in [7, 11) is 0. The lowest BCUT2D eigenvalue weighted by Gasteiger charge is -2.29. The van der Waals surface area contributed by atoms with Gasteiger partial charge in [-0.3, -0.25) is 9.59 Å². The van der Waals surface area contributed by atoms with Gasteiger partial charge in [0.05, 0.1) is 16.9 Å². The first-order valence-electron chi connectivity index (χ1n) is 6.21. The second-order valence-corrected chi connectivity index (χ2v) is 7.58. The van der Waals surface area contributed by atoms with Gasteiger partial charge < -0.3 is 10.2 Å². The van der Waals surface area contributed by atoms with Gasteiger partial charge in [-0.15, -0.1) is 23.5 Å². The number of thioether (sulfide) groups is 2. The fourth-order valence-corrected chi connectivity index (χ4v) is 4.39. The molecule has 20 heavy (non-hydrogen) atoms. The molecule has 0 heterocycles. The van der Waals surface area contributed by atoms with Gasteiger partial charge in [0.1, 0.15) is 0 Å². The minimum absolute atomic E-state index is 0.104. The summed E-state index contributed by atoms with van der Waals surface area (Å²) in [6.07, 6.45) is 0.208. The maximum absolute atomic E-state index is 10.6. The average molecular weight is 314 g/mol. The zero-order valence-corrected chi connectivity index (χ0v) is 12.9. The Morgan fingerprint density at radius 1 is 1.00 bits per heavy atom. The highest BCUT2D eigenvalue weighted by Gasteiger charge is 2.27. The topological polar surface area (TPSA) is 74.6 Å². The minimum atomic E-state index is -0.816. The number of hydrogen-bond donors (Lipinski definition) is 2. The molecule has 2 N–H and O–H groups in total. The quantitative estimate of drug-likeness (QED) is 0.681. The van der Waals surface area contributed by atoms with Crippen LogP contribution in [-0.4, -0.2) is 33.7 Å². The molecule has 110 valence electrons. The molecule has 0 atom stereocenters. The molecule has 0 saturated heterocycles. The van der Waals surface area contributed by atoms with Crippen LogP contribution in [0.2, 0.25) is 0 Å². The normalized spacial score (nSPS) is 11.2. The van der Waals surface area contributed by atoms with Crippen LogP contribution in [0.1, 0.15) is 25.3 Å². The van der Waals surface area contributed by atoms with E-state index in [0.29, 0.717) is 11.5 Å². The third kappa shape index (κ3) is 5.88. The predicted molar refractivity (Wildman–Crippen MR) is 83.2 cm³/mol. The number of hydrogen-bond acceptors (Lipinski definition) is 4. The van der Waals surface area contributed by atoms with Gasteiger partial charge in [-0.1, -0.05) is 30.3 Å². The molecule has 0 saturated carbocycles. The number of rotatable bonds is 9. The summed E-state index contributed by atoms with van der Waals surface area (Å²) in [5.74, 6) is -0.631. The van der Waals surface area contributed by atoms with Crippen molar-refractivity contribution < 1.29 is 19.8 Å². The molecule has 0 amide bonds. The van der Waals surface area contributed by atoms with E-state index in [2.05, 4.69) is 0 Å². The molecule has 1 rings (SSSR count). The van der Waals surface area contributed by atoms with Crippen LogP contribution in [0.3, 0.4) is 0 Å². The Balaban J connectivity index is 2.71. The van der Waals surface area contributed by atoms with Crippen LogP contribution in [-0.2, 0) is 13.7 Å². The molecular formula is C14H18O4S2. The van der Waals surface area contributed by atoms with Crippen molar-refractivity contribution in [1.29, 1.82) is 0 Å². The van der Waals surface area contributed by atoms with Crippen molar-refractivity contribution in [2.75, 3.05) is 11.5 Å². The van der Waals surface area contributed by atoms with E-state index in [-0.39, 0.29) is 16.9 Å². The lowest BCUT2D eigenvalue weighted by atomic mass is 10.2. The Kier molecular flexibility index (Phi) is 6.95. The minimum Gasteiger partial charge on any atom is -0.481 e. The summed E-state index contributed by atoms with van der Waals surface area (Å²) in [4.78, 5) is 21.3. The van der Waals surface area contributed by atoms with E-state index in [0.717, 1.165) is 5.56 Å². The summed E-state index contributed by atoms with van der Waals surface area (Å²) >= 11 is 3.09. The number of aliphatic carboxylic acids is 2. The molecule has 0 spiro atoms. The van der Waals surface area contributed by atoms with Crippen molar-refractivity contribution in [3.8, 4) is 0 Å². The maximum Gasteiger partial charge on any atom is 0.304 e. The third-order valence-corrected chi connectivity index (χ3v) is 5.78. The van der Waals surface area contributed by atoms with Gasteiger partial charge in [-0.25, -0.2) is 0 Å². The maximum atomic E-state index is 10.6. The van der Waals surface area contributed by atoms with Crippen molar-refractivity contribution >= 4 is 35.5 Å². The van der Waals surface area contributed by atoms with E-state index >= 15 is 0 Å². The highest BCUT2D eigenvalue weighted by atomic mass is 32.2. The summed E-state index contributed by atoms with van der Waals surface area (Å²) in [6, 6.07) is 9.77. The van der Waals surface area contributed by atoms with Crippen LogP contribution in [0.25, 0.3) is 0 Å². The first-order valence-corrected chi connectivity index (χ1v) is 8.18. The molecule has 0 fully saturated rings. The smallest absolute Gasteiger partial charge is 0.304 e. The predicted octanol–water partition coefficient (Wildman–Crippen LogP) is 3.28. The van der Waals surface area contributed by atoms with Crippen molar-refractivity contribution in [2.45, 2.75) is 23.8 Å². The highest BCUT2D eigenvalue weighted by Crippen LogP contribution is 2.46. The van der Waals surface area contributed by atoms with Gasteiger partial charge in [0.15, 0.2) is 0 Å². The van der Waals surface area contributed by atoms with E-state index in [4.69, 9.17) is 10.2 Å². The van der Waals surface area contributed by atoms with Gasteiger partial charge in [0.2, 0.25) is 0 Å². The number of carboxylic acids is 2. The molecule has 0 bridgehead atoms. The first-order chi connectivity index (χ1) is 9.44. The Labute approximate surface area is 127 Å². The average Bonchev–Trinajstić information content (AvgIpc) is 2.39. The van der Waals surface area contributed by atoms with Crippen molar-refractivity contribution in [3.05, 3.63) is 35.9 Å². The van der Waals surface area contributed by atoms with Crippen LogP contribution in [0, 0.1) is 0 Å². The largest absolute Gasteiger partial charge is 0.481 e. The Hall–Kier alpha value is -1.14. The van der Waals surface area contributed by atoms with Crippen molar-refractivity contribution in [2.24, 2.45) is 0 Å². The molecular weight excluding hydrogens is 296 g/mol. The molecule has 1 aromatic carbocycles. The lowest BCUT2D eigenvalue weighted by molar-refractivity contribution is -0.137. The number of benzene rings is 1. The van der Waals surface area contributed by atoms with Gasteiger partial charge in [0.25, 0.3) is 0 Å². The molecule has 0 aliphatic heterocycles. The zero-order valence-electron chi connectivity index (χ0n) is 11.2. The van der Waals surface area contributed by atoms with Gasteiger partial charge in [-0.05, 0) is 12.5 Å². The van der Waals surface area contributed by atoms with E-state index in [1.54, 1.807) is 23.5 Å². The fourth-order valence-electron chi connectivity index (χ4n) is 1.62. The van der Waals surface area contributed by atoms with Crippen LogP contribution in [0.5, 0.6) is 0 Å². The summed E-state index contributed by atoms with van der Waals surface area (Å²) in [6.45, 7) is 2.02. The van der Waals surface area contributed by atoms with Crippen molar-refractivity contribution in [1.82, 2.24) is 0 Å². The molecule has 0 radical (unpaired) electrons. The second-order valence-electron chi connectivity index (χ2n) is 4.30. The Morgan fingerprint density at radius 3 is 1.85 bits per heavy atom. The zero-order chi connectivity index (χ0) is 15.0. The highest BCUT2D eigenvalue weighted by molar-refractivity contribution is 8.17. The molecule has 0 unspecified atom stereocenters. The molecule has 0 aliphatic rings. The molecule has 6 heteroatoms. The molecule has 4 nitrogen and oxygen atoms in total. The SMILES string of the molecule is CC(SCCC(=O)O)(SCCC(=O)O)c1ccccc1. The lowest BCUT2D eigenvalue weighted by Crippen LogP contribution is -2.16. The van der Waals surface area contributed by atoms with Crippen LogP contribution in [0.4, 0.5) is 0 Å². The third-order valence-electron chi connectivity index (χ3n) is 2.69. The van der Waals surface area contributed by atoms with Crippen LogP contribution < -0.4 is 0 Å². The standard InChI is InChI=1S/C14H18O4S2/c1-14(19-9-7-12(15)16,20-10-8-13(17)18)11-5-3-2-4-6-11/h2-6H,7-10H2,1H3,(H,15,16)(H,17,18).